The van der Waals surface area contributed by atoms with Crippen molar-refractivity contribution in [1.29, 1.82) is 5.26 Å². The fourth-order valence-electron chi connectivity index (χ4n) is 2.86. The molecule has 0 atom stereocenters. The molecule has 2 aromatic carbocycles. The summed E-state index contributed by atoms with van der Waals surface area (Å²) in [6, 6.07) is 14.8. The van der Waals surface area contributed by atoms with Gasteiger partial charge in [0.05, 0.1) is 18.6 Å². The van der Waals surface area contributed by atoms with Crippen molar-refractivity contribution < 1.29 is 4.74 Å². The summed E-state index contributed by atoms with van der Waals surface area (Å²) in [5.74, 6) is 0.843. The van der Waals surface area contributed by atoms with Crippen LogP contribution in [-0.4, -0.2) is 7.11 Å². The molecule has 1 fully saturated rings. The molecule has 0 aromatic heterocycles. The fraction of sp³-hybridized carbons (Fsp3) is 0.312. The van der Waals surface area contributed by atoms with E-state index in [-0.39, 0.29) is 5.41 Å². The Kier molecular flexibility index (Phi) is 2.48. The smallest absolute Gasteiger partial charge is 0.124 e. The molecule has 1 aliphatic rings. The molecular weight excluding hydrogens is 222 g/mol. The summed E-state index contributed by atoms with van der Waals surface area (Å²) in [6.07, 6.45) is 3.00. The second kappa shape index (κ2) is 4.03. The summed E-state index contributed by atoms with van der Waals surface area (Å²) >= 11 is 0. The first-order valence-corrected chi connectivity index (χ1v) is 6.28. The molecule has 0 heterocycles. The van der Waals surface area contributed by atoms with Crippen LogP contribution in [0.2, 0.25) is 0 Å². The van der Waals surface area contributed by atoms with Gasteiger partial charge < -0.3 is 4.74 Å². The molecule has 0 N–H and O–H groups in total. The number of rotatable bonds is 2. The van der Waals surface area contributed by atoms with Crippen LogP contribution >= 0.6 is 0 Å². The van der Waals surface area contributed by atoms with Gasteiger partial charge in [0, 0.05) is 5.56 Å². The van der Waals surface area contributed by atoms with Gasteiger partial charge in [-0.3, -0.25) is 0 Å². The maximum absolute atomic E-state index is 9.56. The Hall–Kier alpha value is -2.01. The van der Waals surface area contributed by atoms with E-state index in [1.165, 1.54) is 5.39 Å². The van der Waals surface area contributed by atoms with Gasteiger partial charge in [-0.2, -0.15) is 5.26 Å². The molecule has 18 heavy (non-hydrogen) atoms. The molecule has 90 valence electrons. The monoisotopic (exact) mass is 237 g/mol. The second-order valence-electron chi connectivity index (χ2n) is 4.91. The lowest BCUT2D eigenvalue weighted by atomic mass is 9.64. The fourth-order valence-corrected chi connectivity index (χ4v) is 2.86. The van der Waals surface area contributed by atoms with E-state index in [4.69, 9.17) is 4.74 Å². The van der Waals surface area contributed by atoms with E-state index in [0.29, 0.717) is 0 Å². The van der Waals surface area contributed by atoms with Gasteiger partial charge >= 0.3 is 0 Å². The summed E-state index contributed by atoms with van der Waals surface area (Å²) in [4.78, 5) is 0. The molecular formula is C16H15NO. The Morgan fingerprint density at radius 1 is 1.17 bits per heavy atom. The molecule has 3 rings (SSSR count). The number of ether oxygens (including phenoxy) is 1. The van der Waals surface area contributed by atoms with Crippen molar-refractivity contribution in [3.05, 3.63) is 42.0 Å². The lowest BCUT2D eigenvalue weighted by Crippen LogP contribution is -2.33. The lowest BCUT2D eigenvalue weighted by molar-refractivity contribution is 0.309. The molecule has 0 saturated heterocycles. The van der Waals surface area contributed by atoms with E-state index in [9.17, 15) is 5.26 Å². The molecule has 0 radical (unpaired) electrons. The number of benzene rings is 2. The van der Waals surface area contributed by atoms with Gasteiger partial charge in [0.25, 0.3) is 0 Å². The highest BCUT2D eigenvalue weighted by atomic mass is 16.5. The van der Waals surface area contributed by atoms with Gasteiger partial charge in [-0.1, -0.05) is 30.3 Å². The van der Waals surface area contributed by atoms with E-state index in [2.05, 4.69) is 24.3 Å². The zero-order chi connectivity index (χ0) is 12.6. The van der Waals surface area contributed by atoms with Gasteiger partial charge in [0.15, 0.2) is 0 Å². The third-order valence-corrected chi connectivity index (χ3v) is 4.01. The van der Waals surface area contributed by atoms with Crippen molar-refractivity contribution in [1.82, 2.24) is 0 Å². The summed E-state index contributed by atoms with van der Waals surface area (Å²) in [7, 11) is 1.68. The van der Waals surface area contributed by atoms with Crippen molar-refractivity contribution in [3.63, 3.8) is 0 Å². The van der Waals surface area contributed by atoms with Gasteiger partial charge in [-0.25, -0.2) is 0 Å². The number of hydrogen-bond acceptors (Lipinski definition) is 2. The Labute approximate surface area is 107 Å². The number of methoxy groups -OCH3 is 1. The van der Waals surface area contributed by atoms with Crippen LogP contribution in [0, 0.1) is 11.3 Å². The van der Waals surface area contributed by atoms with Crippen molar-refractivity contribution in [2.75, 3.05) is 7.11 Å². The minimum atomic E-state index is -0.341. The van der Waals surface area contributed by atoms with Crippen molar-refractivity contribution >= 4 is 10.8 Å². The van der Waals surface area contributed by atoms with Crippen LogP contribution in [-0.2, 0) is 5.41 Å². The summed E-state index contributed by atoms with van der Waals surface area (Å²) in [6.45, 7) is 0. The van der Waals surface area contributed by atoms with Crippen LogP contribution in [0.3, 0.4) is 0 Å². The average Bonchev–Trinajstić information content (AvgIpc) is 2.38. The standard InChI is InChI=1S/C16H15NO/c1-18-14-8-7-12-5-2-3-6-13(12)15(14)16(11-17)9-4-10-16/h2-3,5-8H,4,9-10H2,1H3. The number of nitriles is 1. The molecule has 0 aliphatic heterocycles. The first-order chi connectivity index (χ1) is 8.80. The molecule has 0 bridgehead atoms. The third kappa shape index (κ3) is 1.41. The van der Waals surface area contributed by atoms with E-state index in [1.54, 1.807) is 7.11 Å². The summed E-state index contributed by atoms with van der Waals surface area (Å²) in [5, 5.41) is 11.9. The van der Waals surface area contributed by atoms with Crippen molar-refractivity contribution in [2.24, 2.45) is 0 Å². The molecule has 0 spiro atoms. The first kappa shape index (κ1) is 11.1. The molecule has 1 aliphatic carbocycles. The number of hydrogen-bond donors (Lipinski definition) is 0. The van der Waals surface area contributed by atoms with Crippen LogP contribution in [0.5, 0.6) is 5.75 Å². The van der Waals surface area contributed by atoms with E-state index in [0.717, 1.165) is 36.0 Å². The van der Waals surface area contributed by atoms with E-state index in [1.807, 2.05) is 18.2 Å². The van der Waals surface area contributed by atoms with Gasteiger partial charge in [0.1, 0.15) is 5.75 Å². The van der Waals surface area contributed by atoms with Crippen LogP contribution in [0.15, 0.2) is 36.4 Å². The minimum Gasteiger partial charge on any atom is -0.496 e. The average molecular weight is 237 g/mol. The Morgan fingerprint density at radius 3 is 2.56 bits per heavy atom. The molecule has 2 aromatic rings. The topological polar surface area (TPSA) is 33.0 Å². The summed E-state index contributed by atoms with van der Waals surface area (Å²) < 4.78 is 5.49. The highest BCUT2D eigenvalue weighted by Crippen LogP contribution is 2.49. The van der Waals surface area contributed by atoms with Crippen LogP contribution < -0.4 is 4.74 Å². The lowest BCUT2D eigenvalue weighted by Gasteiger charge is -2.37. The van der Waals surface area contributed by atoms with E-state index < -0.39 is 0 Å². The number of fused-ring (bicyclic) bond motifs is 1. The Morgan fingerprint density at radius 2 is 1.94 bits per heavy atom. The maximum Gasteiger partial charge on any atom is 0.124 e. The van der Waals surface area contributed by atoms with Crippen molar-refractivity contribution in [2.45, 2.75) is 24.7 Å². The molecule has 1 saturated carbocycles. The zero-order valence-corrected chi connectivity index (χ0v) is 10.4. The number of nitrogens with zero attached hydrogens (tertiary/aromatic N) is 1. The SMILES string of the molecule is COc1ccc2ccccc2c1C1(C#N)CCC1. The molecule has 0 unspecified atom stereocenters. The third-order valence-electron chi connectivity index (χ3n) is 4.01. The predicted octanol–water partition coefficient (Wildman–Crippen LogP) is 3.79. The molecule has 2 nitrogen and oxygen atoms in total. The quantitative estimate of drug-likeness (QED) is 0.796. The molecule has 2 heteroatoms. The van der Waals surface area contributed by atoms with Gasteiger partial charge in [0.2, 0.25) is 0 Å². The van der Waals surface area contributed by atoms with Gasteiger partial charge in [-0.15, -0.1) is 0 Å². The zero-order valence-electron chi connectivity index (χ0n) is 10.4. The van der Waals surface area contributed by atoms with Crippen LogP contribution in [0.4, 0.5) is 0 Å². The first-order valence-electron chi connectivity index (χ1n) is 6.28. The normalized spacial score (nSPS) is 16.9. The largest absolute Gasteiger partial charge is 0.496 e. The van der Waals surface area contributed by atoms with Crippen LogP contribution in [0.25, 0.3) is 10.8 Å². The Balaban J connectivity index is 2.34. The second-order valence-corrected chi connectivity index (χ2v) is 4.91. The highest BCUT2D eigenvalue weighted by Gasteiger charge is 2.42. The van der Waals surface area contributed by atoms with E-state index >= 15 is 0 Å². The maximum atomic E-state index is 9.56. The highest BCUT2D eigenvalue weighted by molar-refractivity contribution is 5.89. The van der Waals surface area contributed by atoms with Gasteiger partial charge in [-0.05, 0) is 36.1 Å². The van der Waals surface area contributed by atoms with Crippen LogP contribution in [0.1, 0.15) is 24.8 Å². The predicted molar refractivity (Wildman–Crippen MR) is 71.6 cm³/mol. The summed E-state index contributed by atoms with van der Waals surface area (Å²) in [5.41, 5.74) is 0.739. The molecule has 0 amide bonds. The van der Waals surface area contributed by atoms with Crippen molar-refractivity contribution in [3.8, 4) is 11.8 Å². The minimum absolute atomic E-state index is 0.341. The Bertz CT molecular complexity index is 635.